The highest BCUT2D eigenvalue weighted by Gasteiger charge is 2.36. The maximum absolute atomic E-state index is 12.5. The van der Waals surface area contributed by atoms with Gasteiger partial charge in [-0.25, -0.2) is 0 Å². The summed E-state index contributed by atoms with van der Waals surface area (Å²) in [5, 5.41) is 14.7. The highest BCUT2D eigenvalue weighted by atomic mass is 16.5. The Balaban J connectivity index is 2.08. The number of rotatable bonds is 5. The minimum Gasteiger partial charge on any atom is -0.489 e. The van der Waals surface area contributed by atoms with Crippen molar-refractivity contribution in [3.63, 3.8) is 0 Å². The average Bonchev–Trinajstić information content (AvgIpc) is 3.00. The molecule has 3 N–H and O–H groups in total. The van der Waals surface area contributed by atoms with E-state index in [9.17, 15) is 14.7 Å². The Kier molecular flexibility index (Phi) is 5.46. The standard InChI is InChI=1S/C21H24N2O4/c1-12(24)11-23-20(25)15-9-16-18(14-7-5-4-6-8-14)13(2)27-19(16)17(10-15)21(26)22-3/h4-10,12-13,18,24H,11H2,1-3H3,(H,22,26)(H,23,25). The second-order valence-electron chi connectivity index (χ2n) is 6.79. The highest BCUT2D eigenvalue weighted by molar-refractivity contribution is 6.02. The lowest BCUT2D eigenvalue weighted by Gasteiger charge is -2.15. The van der Waals surface area contributed by atoms with E-state index in [0.717, 1.165) is 11.1 Å². The maximum atomic E-state index is 12.5. The number of hydrogen-bond acceptors (Lipinski definition) is 4. The summed E-state index contributed by atoms with van der Waals surface area (Å²) in [6, 6.07) is 13.2. The molecule has 3 unspecified atom stereocenters. The predicted molar refractivity (Wildman–Crippen MR) is 102 cm³/mol. The zero-order valence-corrected chi connectivity index (χ0v) is 15.7. The summed E-state index contributed by atoms with van der Waals surface area (Å²) in [6.07, 6.45) is -0.816. The zero-order valence-electron chi connectivity index (χ0n) is 15.7. The molecule has 27 heavy (non-hydrogen) atoms. The van der Waals surface area contributed by atoms with E-state index in [1.54, 1.807) is 20.0 Å². The van der Waals surface area contributed by atoms with Crippen molar-refractivity contribution in [1.29, 1.82) is 0 Å². The SMILES string of the molecule is CNC(=O)c1cc(C(=O)NCC(C)O)cc2c1OC(C)C2c1ccccc1. The van der Waals surface area contributed by atoms with Crippen LogP contribution in [0.4, 0.5) is 0 Å². The first-order valence-corrected chi connectivity index (χ1v) is 9.00. The van der Waals surface area contributed by atoms with Gasteiger partial charge in [-0.15, -0.1) is 0 Å². The van der Waals surface area contributed by atoms with E-state index in [0.29, 0.717) is 16.9 Å². The van der Waals surface area contributed by atoms with E-state index in [2.05, 4.69) is 10.6 Å². The number of nitrogens with one attached hydrogen (secondary N) is 2. The number of benzene rings is 2. The number of amides is 2. The van der Waals surface area contributed by atoms with Crippen LogP contribution in [0.3, 0.4) is 0 Å². The second-order valence-corrected chi connectivity index (χ2v) is 6.79. The Morgan fingerprint density at radius 1 is 1.19 bits per heavy atom. The van der Waals surface area contributed by atoms with E-state index >= 15 is 0 Å². The molecular formula is C21H24N2O4. The van der Waals surface area contributed by atoms with Crippen LogP contribution in [0.5, 0.6) is 5.75 Å². The fourth-order valence-corrected chi connectivity index (χ4v) is 3.41. The number of aliphatic hydroxyl groups excluding tert-OH is 1. The molecule has 0 fully saturated rings. The van der Waals surface area contributed by atoms with E-state index in [4.69, 9.17) is 4.74 Å². The molecule has 6 nitrogen and oxygen atoms in total. The Bertz CT molecular complexity index is 849. The zero-order chi connectivity index (χ0) is 19.6. The third-order valence-corrected chi connectivity index (χ3v) is 4.68. The van der Waals surface area contributed by atoms with Gasteiger partial charge in [0, 0.05) is 30.6 Å². The van der Waals surface area contributed by atoms with Crippen LogP contribution in [0.25, 0.3) is 0 Å². The van der Waals surface area contributed by atoms with Gasteiger partial charge in [0.15, 0.2) is 0 Å². The topological polar surface area (TPSA) is 87.7 Å². The molecule has 1 heterocycles. The first-order valence-electron chi connectivity index (χ1n) is 9.00. The molecule has 0 aromatic heterocycles. The largest absolute Gasteiger partial charge is 0.489 e. The Labute approximate surface area is 158 Å². The smallest absolute Gasteiger partial charge is 0.254 e. The molecule has 3 rings (SSSR count). The van der Waals surface area contributed by atoms with Crippen LogP contribution < -0.4 is 15.4 Å². The molecule has 2 aromatic carbocycles. The molecule has 0 bridgehead atoms. The van der Waals surface area contributed by atoms with Crippen molar-refractivity contribution in [2.24, 2.45) is 0 Å². The number of aliphatic hydroxyl groups is 1. The van der Waals surface area contributed by atoms with E-state index in [-0.39, 0.29) is 30.4 Å². The van der Waals surface area contributed by atoms with Gasteiger partial charge >= 0.3 is 0 Å². The monoisotopic (exact) mass is 368 g/mol. The van der Waals surface area contributed by atoms with Gasteiger partial charge in [0.25, 0.3) is 11.8 Å². The van der Waals surface area contributed by atoms with Crippen LogP contribution in [0.15, 0.2) is 42.5 Å². The lowest BCUT2D eigenvalue weighted by atomic mass is 9.87. The Morgan fingerprint density at radius 3 is 2.52 bits per heavy atom. The molecule has 0 spiro atoms. The van der Waals surface area contributed by atoms with Crippen LogP contribution in [0.2, 0.25) is 0 Å². The van der Waals surface area contributed by atoms with Crippen molar-refractivity contribution in [3.05, 3.63) is 64.7 Å². The number of ether oxygens (including phenoxy) is 1. The van der Waals surface area contributed by atoms with Crippen LogP contribution in [-0.2, 0) is 0 Å². The molecule has 3 atom stereocenters. The molecule has 142 valence electrons. The van der Waals surface area contributed by atoms with Gasteiger partial charge in [-0.3, -0.25) is 9.59 Å². The Morgan fingerprint density at radius 2 is 1.89 bits per heavy atom. The first kappa shape index (κ1) is 18.9. The normalized spacial score (nSPS) is 19.0. The van der Waals surface area contributed by atoms with Crippen molar-refractivity contribution in [2.45, 2.75) is 32.0 Å². The lowest BCUT2D eigenvalue weighted by molar-refractivity contribution is 0.0924. The molecular weight excluding hydrogens is 344 g/mol. The fourth-order valence-electron chi connectivity index (χ4n) is 3.41. The summed E-state index contributed by atoms with van der Waals surface area (Å²) in [4.78, 5) is 24.9. The maximum Gasteiger partial charge on any atom is 0.254 e. The van der Waals surface area contributed by atoms with Gasteiger partial charge in [-0.1, -0.05) is 30.3 Å². The summed E-state index contributed by atoms with van der Waals surface area (Å²) in [5.41, 5.74) is 2.58. The van der Waals surface area contributed by atoms with Gasteiger partial charge in [0.05, 0.1) is 11.7 Å². The number of carbonyl (C=O) groups excluding carboxylic acids is 2. The highest BCUT2D eigenvalue weighted by Crippen LogP contribution is 2.44. The first-order chi connectivity index (χ1) is 12.9. The summed E-state index contributed by atoms with van der Waals surface area (Å²) in [5.74, 6) is -0.204. The van der Waals surface area contributed by atoms with Crippen molar-refractivity contribution in [1.82, 2.24) is 10.6 Å². The van der Waals surface area contributed by atoms with Crippen molar-refractivity contribution < 1.29 is 19.4 Å². The minimum absolute atomic E-state index is 0.0749. The summed E-state index contributed by atoms with van der Waals surface area (Å²) in [6.45, 7) is 3.69. The second kappa shape index (κ2) is 7.80. The molecule has 0 radical (unpaired) electrons. The van der Waals surface area contributed by atoms with Crippen molar-refractivity contribution in [2.75, 3.05) is 13.6 Å². The quantitative estimate of drug-likeness (QED) is 0.754. The van der Waals surface area contributed by atoms with Gasteiger partial charge in [-0.2, -0.15) is 0 Å². The molecule has 1 aliphatic rings. The predicted octanol–water partition coefficient (Wildman–Crippen LogP) is 2.07. The van der Waals surface area contributed by atoms with Crippen LogP contribution in [-0.4, -0.2) is 42.7 Å². The van der Waals surface area contributed by atoms with E-state index < -0.39 is 6.10 Å². The Hall–Kier alpha value is -2.86. The molecule has 6 heteroatoms. The van der Waals surface area contributed by atoms with Gasteiger partial charge in [0.2, 0.25) is 0 Å². The molecule has 2 aromatic rings. The average molecular weight is 368 g/mol. The third-order valence-electron chi connectivity index (χ3n) is 4.68. The van der Waals surface area contributed by atoms with Gasteiger partial charge in [0.1, 0.15) is 11.9 Å². The molecule has 1 aliphatic heterocycles. The lowest BCUT2D eigenvalue weighted by Crippen LogP contribution is -2.31. The van der Waals surface area contributed by atoms with E-state index in [1.807, 2.05) is 37.3 Å². The number of fused-ring (bicyclic) bond motifs is 1. The summed E-state index contributed by atoms with van der Waals surface area (Å²) in [7, 11) is 1.54. The fraction of sp³-hybridized carbons (Fsp3) is 0.333. The molecule has 0 aliphatic carbocycles. The molecule has 0 saturated heterocycles. The van der Waals surface area contributed by atoms with Crippen LogP contribution >= 0.6 is 0 Å². The van der Waals surface area contributed by atoms with Crippen LogP contribution in [0.1, 0.15) is 51.6 Å². The van der Waals surface area contributed by atoms with Crippen molar-refractivity contribution >= 4 is 11.8 Å². The van der Waals surface area contributed by atoms with Crippen LogP contribution in [0, 0.1) is 0 Å². The van der Waals surface area contributed by atoms with Gasteiger partial charge in [-0.05, 0) is 31.5 Å². The summed E-state index contributed by atoms with van der Waals surface area (Å²) >= 11 is 0. The number of carbonyl (C=O) groups is 2. The summed E-state index contributed by atoms with van der Waals surface area (Å²) < 4.78 is 6.03. The molecule has 0 saturated carbocycles. The van der Waals surface area contributed by atoms with E-state index in [1.165, 1.54) is 6.07 Å². The van der Waals surface area contributed by atoms with Gasteiger partial charge < -0.3 is 20.5 Å². The minimum atomic E-state index is -0.651. The number of hydrogen-bond donors (Lipinski definition) is 3. The van der Waals surface area contributed by atoms with Crippen molar-refractivity contribution in [3.8, 4) is 5.75 Å². The molecule has 2 amide bonds. The third kappa shape index (κ3) is 3.80.